The van der Waals surface area contributed by atoms with E-state index in [2.05, 4.69) is 9.80 Å². The van der Waals surface area contributed by atoms with Crippen LogP contribution in [0.1, 0.15) is 32.1 Å². The molecule has 0 spiro atoms. The van der Waals surface area contributed by atoms with Gasteiger partial charge in [-0.25, -0.2) is 4.39 Å². The van der Waals surface area contributed by atoms with Crippen molar-refractivity contribution >= 4 is 17.5 Å². The van der Waals surface area contributed by atoms with E-state index in [9.17, 15) is 14.0 Å². The van der Waals surface area contributed by atoms with Gasteiger partial charge in [0.05, 0.1) is 6.54 Å². The molecule has 1 aromatic carbocycles. The zero-order valence-electron chi connectivity index (χ0n) is 18.6. The van der Waals surface area contributed by atoms with Crippen LogP contribution in [0.5, 0.6) is 0 Å². The first-order valence-electron chi connectivity index (χ1n) is 11.8. The SMILES string of the molecule is CN1CCCC[C@@H](C2CCN(CC(=O)N3CCN(c4ccc(F)cc4)CC3)CC2)C1=O. The average Bonchev–Trinajstić information content (AvgIpc) is 2.96. The normalized spacial score (nSPS) is 24.4. The molecule has 0 bridgehead atoms. The second kappa shape index (κ2) is 9.98. The molecule has 0 aliphatic carbocycles. The van der Waals surface area contributed by atoms with Gasteiger partial charge in [0.25, 0.3) is 0 Å². The topological polar surface area (TPSA) is 47.1 Å². The number of piperazine rings is 1. The van der Waals surface area contributed by atoms with Gasteiger partial charge >= 0.3 is 0 Å². The van der Waals surface area contributed by atoms with E-state index in [-0.39, 0.29) is 17.6 Å². The number of amides is 2. The van der Waals surface area contributed by atoms with Crippen LogP contribution in [-0.4, -0.2) is 85.9 Å². The van der Waals surface area contributed by atoms with E-state index in [1.165, 1.54) is 12.1 Å². The van der Waals surface area contributed by atoms with Gasteiger partial charge in [-0.1, -0.05) is 6.42 Å². The van der Waals surface area contributed by atoms with E-state index in [1.54, 1.807) is 12.1 Å². The van der Waals surface area contributed by atoms with Crippen LogP contribution in [0.2, 0.25) is 0 Å². The molecule has 3 heterocycles. The third-order valence-electron chi connectivity index (χ3n) is 7.34. The molecule has 3 fully saturated rings. The Kier molecular flexibility index (Phi) is 7.10. The highest BCUT2D eigenvalue weighted by atomic mass is 19.1. The molecule has 1 atom stereocenters. The largest absolute Gasteiger partial charge is 0.368 e. The Balaban J connectivity index is 1.21. The Morgan fingerprint density at radius 2 is 1.61 bits per heavy atom. The lowest BCUT2D eigenvalue weighted by atomic mass is 9.81. The molecule has 1 aromatic rings. The van der Waals surface area contributed by atoms with Crippen molar-refractivity contribution in [3.05, 3.63) is 30.1 Å². The van der Waals surface area contributed by atoms with Crippen molar-refractivity contribution in [2.24, 2.45) is 11.8 Å². The molecule has 3 saturated heterocycles. The van der Waals surface area contributed by atoms with Crippen molar-refractivity contribution in [1.82, 2.24) is 14.7 Å². The van der Waals surface area contributed by atoms with Crippen LogP contribution in [0.15, 0.2) is 24.3 Å². The minimum absolute atomic E-state index is 0.171. The van der Waals surface area contributed by atoms with Gasteiger partial charge in [0.1, 0.15) is 5.82 Å². The second-order valence-corrected chi connectivity index (χ2v) is 9.32. The van der Waals surface area contributed by atoms with Gasteiger partial charge in [0.15, 0.2) is 0 Å². The number of hydrogen-bond donors (Lipinski definition) is 0. The maximum atomic E-state index is 13.1. The molecule has 170 valence electrons. The van der Waals surface area contributed by atoms with Gasteiger partial charge in [0, 0.05) is 51.4 Å². The number of carbonyl (C=O) groups is 2. The Bertz CT molecular complexity index is 755. The predicted octanol–water partition coefficient (Wildman–Crippen LogP) is 2.44. The summed E-state index contributed by atoms with van der Waals surface area (Å²) in [6.45, 7) is 6.12. The fraction of sp³-hybridized carbons (Fsp3) is 0.667. The molecule has 3 aliphatic heterocycles. The molecule has 7 heteroatoms. The number of nitrogens with zero attached hydrogens (tertiary/aromatic N) is 4. The highest BCUT2D eigenvalue weighted by Gasteiger charge is 2.34. The van der Waals surface area contributed by atoms with Crippen LogP contribution >= 0.6 is 0 Å². The first kappa shape index (κ1) is 22.1. The van der Waals surface area contributed by atoms with Gasteiger partial charge in [-0.2, -0.15) is 0 Å². The van der Waals surface area contributed by atoms with Crippen molar-refractivity contribution in [2.75, 3.05) is 64.3 Å². The molecule has 0 unspecified atom stereocenters. The van der Waals surface area contributed by atoms with Crippen molar-refractivity contribution in [2.45, 2.75) is 32.1 Å². The molecule has 3 aliphatic rings. The van der Waals surface area contributed by atoms with Crippen molar-refractivity contribution in [3.8, 4) is 0 Å². The number of likely N-dealkylation sites (tertiary alicyclic amines) is 2. The predicted molar refractivity (Wildman–Crippen MR) is 119 cm³/mol. The molecule has 6 nitrogen and oxygen atoms in total. The van der Waals surface area contributed by atoms with Crippen LogP contribution in [0.4, 0.5) is 10.1 Å². The minimum Gasteiger partial charge on any atom is -0.368 e. The van der Waals surface area contributed by atoms with Gasteiger partial charge in [-0.05, 0) is 69.0 Å². The molecule has 0 radical (unpaired) electrons. The summed E-state index contributed by atoms with van der Waals surface area (Å²) in [5.41, 5.74) is 1.01. The van der Waals surface area contributed by atoms with E-state index >= 15 is 0 Å². The molecule has 0 saturated carbocycles. The lowest BCUT2D eigenvalue weighted by Crippen LogP contribution is -2.52. The standard InChI is InChI=1S/C24H35FN4O2/c1-26-11-3-2-4-22(24(26)31)19-9-12-27(13-10-19)18-23(30)29-16-14-28(15-17-29)21-7-5-20(25)6-8-21/h5-8,19,22H,2-4,9-18H2,1H3/t22-/m0/s1. The number of hydrogen-bond acceptors (Lipinski definition) is 4. The van der Waals surface area contributed by atoms with Crippen molar-refractivity contribution in [1.29, 1.82) is 0 Å². The highest BCUT2D eigenvalue weighted by molar-refractivity contribution is 5.79. The first-order valence-corrected chi connectivity index (χ1v) is 11.8. The number of rotatable bonds is 4. The maximum absolute atomic E-state index is 13.1. The van der Waals surface area contributed by atoms with E-state index < -0.39 is 0 Å². The lowest BCUT2D eigenvalue weighted by Gasteiger charge is -2.39. The molecule has 0 aromatic heterocycles. The summed E-state index contributed by atoms with van der Waals surface area (Å²) in [5, 5.41) is 0. The van der Waals surface area contributed by atoms with Gasteiger partial charge < -0.3 is 14.7 Å². The van der Waals surface area contributed by atoms with Crippen LogP contribution in [0, 0.1) is 17.7 Å². The molecule has 0 N–H and O–H groups in total. The molecule has 4 rings (SSSR count). The number of halogens is 1. The van der Waals surface area contributed by atoms with E-state index in [1.807, 2.05) is 16.8 Å². The number of piperidine rings is 1. The van der Waals surface area contributed by atoms with Gasteiger partial charge in [-0.3, -0.25) is 14.5 Å². The minimum atomic E-state index is -0.225. The summed E-state index contributed by atoms with van der Waals surface area (Å²) in [6.07, 6.45) is 5.29. The average molecular weight is 431 g/mol. The monoisotopic (exact) mass is 430 g/mol. The van der Waals surface area contributed by atoms with E-state index in [4.69, 9.17) is 0 Å². The highest BCUT2D eigenvalue weighted by Crippen LogP contribution is 2.31. The third-order valence-corrected chi connectivity index (χ3v) is 7.34. The molecule has 2 amide bonds. The van der Waals surface area contributed by atoms with Crippen molar-refractivity contribution < 1.29 is 14.0 Å². The number of carbonyl (C=O) groups excluding carboxylic acids is 2. The molecular weight excluding hydrogens is 395 g/mol. The summed E-state index contributed by atoms with van der Waals surface area (Å²) in [6, 6.07) is 6.57. The fourth-order valence-electron chi connectivity index (χ4n) is 5.34. The Morgan fingerprint density at radius 3 is 2.29 bits per heavy atom. The smallest absolute Gasteiger partial charge is 0.236 e. The maximum Gasteiger partial charge on any atom is 0.236 e. The Morgan fingerprint density at radius 1 is 0.935 bits per heavy atom. The Labute approximate surface area is 185 Å². The summed E-state index contributed by atoms with van der Waals surface area (Å²) < 4.78 is 13.1. The second-order valence-electron chi connectivity index (χ2n) is 9.32. The summed E-state index contributed by atoms with van der Waals surface area (Å²) in [7, 11) is 1.93. The van der Waals surface area contributed by atoms with Crippen molar-refractivity contribution in [3.63, 3.8) is 0 Å². The third kappa shape index (κ3) is 5.37. The van der Waals surface area contributed by atoms with Crippen LogP contribution in [0.25, 0.3) is 0 Å². The zero-order valence-corrected chi connectivity index (χ0v) is 18.6. The first-order chi connectivity index (χ1) is 15.0. The van der Waals surface area contributed by atoms with Gasteiger partial charge in [-0.15, -0.1) is 0 Å². The summed E-state index contributed by atoms with van der Waals surface area (Å²) >= 11 is 0. The Hall–Kier alpha value is -2.15. The quantitative estimate of drug-likeness (QED) is 0.736. The van der Waals surface area contributed by atoms with Gasteiger partial charge in [0.2, 0.25) is 11.8 Å². The van der Waals surface area contributed by atoms with E-state index in [0.717, 1.165) is 70.5 Å². The fourth-order valence-corrected chi connectivity index (χ4v) is 5.34. The van der Waals surface area contributed by atoms with Crippen LogP contribution in [0.3, 0.4) is 0 Å². The lowest BCUT2D eigenvalue weighted by molar-refractivity contribution is -0.137. The molecule has 31 heavy (non-hydrogen) atoms. The van der Waals surface area contributed by atoms with E-state index in [0.29, 0.717) is 31.5 Å². The summed E-state index contributed by atoms with van der Waals surface area (Å²) in [5.74, 6) is 0.925. The zero-order chi connectivity index (χ0) is 21.8. The van der Waals surface area contributed by atoms with Crippen LogP contribution < -0.4 is 4.90 Å². The number of anilines is 1. The summed E-state index contributed by atoms with van der Waals surface area (Å²) in [4.78, 5) is 33.9. The molecular formula is C24H35FN4O2. The van der Waals surface area contributed by atoms with Crippen LogP contribution in [-0.2, 0) is 9.59 Å². The number of benzene rings is 1.